The van der Waals surface area contributed by atoms with E-state index >= 15 is 0 Å². The molecule has 3 aromatic rings. The zero-order valence-electron chi connectivity index (χ0n) is 16.4. The van der Waals surface area contributed by atoms with Crippen molar-refractivity contribution in [3.05, 3.63) is 65.6 Å². The summed E-state index contributed by atoms with van der Waals surface area (Å²) in [4.78, 5) is 18.8. The molecule has 152 valence electrons. The van der Waals surface area contributed by atoms with Crippen LogP contribution in [0.3, 0.4) is 0 Å². The first-order valence-corrected chi connectivity index (χ1v) is 11.3. The number of benzene rings is 1. The molecule has 8 heteroatoms. The van der Waals surface area contributed by atoms with Crippen LogP contribution in [0.5, 0.6) is 5.75 Å². The lowest BCUT2D eigenvalue weighted by Crippen LogP contribution is -2.37. The highest BCUT2D eigenvalue weighted by Crippen LogP contribution is 2.21. The van der Waals surface area contributed by atoms with E-state index in [4.69, 9.17) is 4.74 Å². The summed E-state index contributed by atoms with van der Waals surface area (Å²) in [5.74, 6) is 0.521. The molecule has 4 rings (SSSR count). The second-order valence-corrected chi connectivity index (χ2v) is 9.72. The molecule has 1 atom stereocenters. The van der Waals surface area contributed by atoms with Gasteiger partial charge in [0.05, 0.1) is 17.2 Å². The maximum atomic E-state index is 12.8. The lowest BCUT2D eigenvalue weighted by atomic mass is 10.1. The van der Waals surface area contributed by atoms with Gasteiger partial charge in [-0.15, -0.1) is 0 Å². The van der Waals surface area contributed by atoms with Gasteiger partial charge in [0.1, 0.15) is 18.0 Å². The Morgan fingerprint density at radius 2 is 2.10 bits per heavy atom. The fourth-order valence-corrected chi connectivity index (χ4v) is 5.33. The van der Waals surface area contributed by atoms with Crippen molar-refractivity contribution < 1.29 is 17.9 Å². The second-order valence-electron chi connectivity index (χ2n) is 7.49. The van der Waals surface area contributed by atoms with Crippen molar-refractivity contribution in [3.63, 3.8) is 0 Å². The number of sulfone groups is 1. The Morgan fingerprint density at radius 3 is 2.86 bits per heavy atom. The zero-order valence-corrected chi connectivity index (χ0v) is 17.2. The number of pyridine rings is 1. The summed E-state index contributed by atoms with van der Waals surface area (Å²) in [7, 11) is -1.39. The molecule has 0 radical (unpaired) electrons. The molecular weight excluding hydrogens is 390 g/mol. The number of ether oxygens (including phenoxy) is 1. The van der Waals surface area contributed by atoms with E-state index in [1.807, 2.05) is 35.9 Å². The highest BCUT2D eigenvalue weighted by atomic mass is 32.2. The van der Waals surface area contributed by atoms with Crippen molar-refractivity contribution >= 4 is 21.4 Å². The predicted molar refractivity (Wildman–Crippen MR) is 110 cm³/mol. The average molecular weight is 413 g/mol. The maximum absolute atomic E-state index is 12.8. The number of imidazole rings is 1. The van der Waals surface area contributed by atoms with Crippen LogP contribution >= 0.6 is 0 Å². The number of carbonyl (C=O) groups is 1. The molecule has 1 saturated heterocycles. The van der Waals surface area contributed by atoms with Gasteiger partial charge in [0.15, 0.2) is 9.84 Å². The molecule has 1 amide bonds. The molecule has 1 fully saturated rings. The number of aryl methyl sites for hydroxylation is 1. The van der Waals surface area contributed by atoms with E-state index in [0.29, 0.717) is 17.7 Å². The molecule has 0 spiro atoms. The van der Waals surface area contributed by atoms with Crippen molar-refractivity contribution in [3.8, 4) is 5.75 Å². The van der Waals surface area contributed by atoms with Crippen molar-refractivity contribution in [1.29, 1.82) is 0 Å². The van der Waals surface area contributed by atoms with E-state index in [9.17, 15) is 13.2 Å². The van der Waals surface area contributed by atoms with E-state index in [-0.39, 0.29) is 30.1 Å². The second kappa shape index (κ2) is 7.51. The summed E-state index contributed by atoms with van der Waals surface area (Å²) in [6, 6.07) is 10.6. The molecule has 0 aliphatic carbocycles. The quantitative estimate of drug-likeness (QED) is 0.642. The average Bonchev–Trinajstić information content (AvgIpc) is 3.27. The first-order chi connectivity index (χ1) is 13.8. The lowest BCUT2D eigenvalue weighted by Gasteiger charge is -2.23. The molecule has 1 aromatic carbocycles. The lowest BCUT2D eigenvalue weighted by molar-refractivity contribution is 0.0747. The molecule has 1 unspecified atom stereocenters. The fourth-order valence-electron chi connectivity index (χ4n) is 3.55. The number of rotatable bonds is 5. The molecule has 3 heterocycles. The van der Waals surface area contributed by atoms with Gasteiger partial charge in [-0.1, -0.05) is 12.1 Å². The number of fused-ring (bicyclic) bond motifs is 1. The van der Waals surface area contributed by atoms with Crippen LogP contribution < -0.4 is 4.74 Å². The van der Waals surface area contributed by atoms with Crippen molar-refractivity contribution in [2.24, 2.45) is 0 Å². The van der Waals surface area contributed by atoms with Gasteiger partial charge in [0.2, 0.25) is 0 Å². The molecule has 2 aromatic heterocycles. The molecule has 0 saturated carbocycles. The van der Waals surface area contributed by atoms with Gasteiger partial charge < -0.3 is 14.0 Å². The van der Waals surface area contributed by atoms with Crippen LogP contribution in [0.1, 0.15) is 28.0 Å². The van der Waals surface area contributed by atoms with Crippen molar-refractivity contribution in [2.75, 3.05) is 18.6 Å². The smallest absolute Gasteiger partial charge is 0.254 e. The summed E-state index contributed by atoms with van der Waals surface area (Å²) in [6.45, 7) is 2.31. The Morgan fingerprint density at radius 1 is 1.28 bits per heavy atom. The molecule has 7 nitrogen and oxygen atoms in total. The number of hydrogen-bond acceptors (Lipinski definition) is 5. The third kappa shape index (κ3) is 4.27. The standard InChI is InChI=1S/C21H23N3O4S/c1-15-6-7-20-22-17(12-24(20)11-15)13-28-19-5-3-4-16(10-19)21(25)23(2)18-8-9-29(26,27)14-18/h3-7,10-12,18H,8-9,13-14H2,1-2H3. The van der Waals surface area contributed by atoms with E-state index in [2.05, 4.69) is 4.98 Å². The van der Waals surface area contributed by atoms with Crippen LogP contribution in [-0.4, -0.2) is 53.2 Å². The van der Waals surface area contributed by atoms with Crippen LogP contribution in [-0.2, 0) is 16.4 Å². The first-order valence-electron chi connectivity index (χ1n) is 9.45. The van der Waals surface area contributed by atoms with Gasteiger partial charge >= 0.3 is 0 Å². The fraction of sp³-hybridized carbons (Fsp3) is 0.333. The first kappa shape index (κ1) is 19.4. The highest BCUT2D eigenvalue weighted by Gasteiger charge is 2.33. The van der Waals surface area contributed by atoms with Crippen molar-refractivity contribution in [1.82, 2.24) is 14.3 Å². The third-order valence-corrected chi connectivity index (χ3v) is 6.94. The van der Waals surface area contributed by atoms with E-state index in [1.54, 1.807) is 31.3 Å². The van der Waals surface area contributed by atoms with Gasteiger partial charge in [-0.2, -0.15) is 0 Å². The molecular formula is C21H23N3O4S. The van der Waals surface area contributed by atoms with E-state index in [1.165, 1.54) is 4.90 Å². The molecule has 1 aliphatic heterocycles. The third-order valence-electron chi connectivity index (χ3n) is 5.19. The minimum Gasteiger partial charge on any atom is -0.487 e. The largest absolute Gasteiger partial charge is 0.487 e. The summed E-state index contributed by atoms with van der Waals surface area (Å²) >= 11 is 0. The number of amides is 1. The molecule has 1 aliphatic rings. The minimum absolute atomic E-state index is 0.0266. The van der Waals surface area contributed by atoms with Crippen LogP contribution in [0, 0.1) is 6.92 Å². The van der Waals surface area contributed by atoms with Gasteiger partial charge in [0, 0.05) is 31.0 Å². The van der Waals surface area contributed by atoms with Crippen LogP contribution in [0.4, 0.5) is 0 Å². The highest BCUT2D eigenvalue weighted by molar-refractivity contribution is 7.91. The Labute approximate surface area is 169 Å². The Kier molecular flexibility index (Phi) is 5.04. The molecule has 29 heavy (non-hydrogen) atoms. The Hall–Kier alpha value is -2.87. The summed E-state index contributed by atoms with van der Waals surface area (Å²) < 4.78 is 31.2. The minimum atomic E-state index is -3.05. The van der Waals surface area contributed by atoms with Gasteiger partial charge in [-0.3, -0.25) is 4.79 Å². The SMILES string of the molecule is Cc1ccc2nc(COc3cccc(C(=O)N(C)C4CCS(=O)(=O)C4)c3)cn2c1. The van der Waals surface area contributed by atoms with Crippen LogP contribution in [0.25, 0.3) is 5.65 Å². The predicted octanol–water partition coefficient (Wildman–Crippen LogP) is 2.48. The van der Waals surface area contributed by atoms with Gasteiger partial charge in [0.25, 0.3) is 5.91 Å². The molecule has 0 bridgehead atoms. The summed E-state index contributed by atoms with van der Waals surface area (Å²) in [5, 5.41) is 0. The van der Waals surface area contributed by atoms with Gasteiger partial charge in [-0.25, -0.2) is 13.4 Å². The topological polar surface area (TPSA) is 81.0 Å². The Balaban J connectivity index is 1.44. The number of hydrogen-bond donors (Lipinski definition) is 0. The van der Waals surface area contributed by atoms with E-state index < -0.39 is 9.84 Å². The number of aromatic nitrogens is 2. The number of carbonyl (C=O) groups excluding carboxylic acids is 1. The monoisotopic (exact) mass is 413 g/mol. The Bertz CT molecular complexity index is 1170. The normalized spacial score (nSPS) is 18.1. The van der Waals surface area contributed by atoms with Crippen LogP contribution in [0.15, 0.2) is 48.8 Å². The zero-order chi connectivity index (χ0) is 20.6. The maximum Gasteiger partial charge on any atom is 0.254 e. The molecule has 0 N–H and O–H groups in total. The van der Waals surface area contributed by atoms with Crippen molar-refractivity contribution in [2.45, 2.75) is 26.0 Å². The van der Waals surface area contributed by atoms with Crippen LogP contribution in [0.2, 0.25) is 0 Å². The summed E-state index contributed by atoms with van der Waals surface area (Å²) in [5.41, 5.74) is 3.26. The summed E-state index contributed by atoms with van der Waals surface area (Å²) in [6.07, 6.45) is 4.41. The number of nitrogens with zero attached hydrogens (tertiary/aromatic N) is 3. The van der Waals surface area contributed by atoms with E-state index in [0.717, 1.165) is 16.9 Å². The van der Waals surface area contributed by atoms with Gasteiger partial charge in [-0.05, 0) is 43.2 Å².